The Morgan fingerprint density at radius 3 is 2.35 bits per heavy atom. The van der Waals surface area contributed by atoms with Crippen LogP contribution in [0.1, 0.15) is 20.7 Å². The predicted molar refractivity (Wildman–Crippen MR) is 72.2 cm³/mol. The number of carbonyl (C=O) groups is 2. The van der Waals surface area contributed by atoms with E-state index in [4.69, 9.17) is 21.9 Å². The zero-order valence-corrected chi connectivity index (χ0v) is 10.4. The summed E-state index contributed by atoms with van der Waals surface area (Å²) in [6, 6.07) is 7.67. The normalized spacial score (nSPS) is 10.0. The Hall–Kier alpha value is -3.09. The van der Waals surface area contributed by atoms with E-state index in [0.29, 0.717) is 0 Å². The minimum Gasteiger partial charge on any atom is -0.437 e. The Morgan fingerprint density at radius 2 is 1.70 bits per heavy atom. The molecular formula is C13H12N4O3. The summed E-state index contributed by atoms with van der Waals surface area (Å²) < 4.78 is 5.45. The smallest absolute Gasteiger partial charge is 0.254 e. The molecule has 7 heteroatoms. The zero-order chi connectivity index (χ0) is 14.7. The minimum atomic E-state index is -0.739. The molecule has 0 atom stereocenters. The van der Waals surface area contributed by atoms with Crippen LogP contribution in [0, 0.1) is 0 Å². The van der Waals surface area contributed by atoms with Gasteiger partial charge in [-0.1, -0.05) is 12.1 Å². The summed E-state index contributed by atoms with van der Waals surface area (Å²) >= 11 is 0. The molecule has 20 heavy (non-hydrogen) atoms. The van der Waals surface area contributed by atoms with Crippen molar-refractivity contribution >= 4 is 17.5 Å². The monoisotopic (exact) mass is 272 g/mol. The summed E-state index contributed by atoms with van der Waals surface area (Å²) in [5.74, 6) is -1.26. The van der Waals surface area contributed by atoms with E-state index in [-0.39, 0.29) is 28.4 Å². The van der Waals surface area contributed by atoms with Crippen LogP contribution in [0.25, 0.3) is 0 Å². The number of primary amides is 2. The highest BCUT2D eigenvalue weighted by Gasteiger charge is 2.15. The van der Waals surface area contributed by atoms with Gasteiger partial charge in [-0.25, -0.2) is 4.98 Å². The molecule has 0 saturated carbocycles. The Kier molecular flexibility index (Phi) is 3.52. The third-order valence-corrected chi connectivity index (χ3v) is 2.50. The quantitative estimate of drug-likeness (QED) is 0.751. The lowest BCUT2D eigenvalue weighted by molar-refractivity contribution is 0.0992. The van der Waals surface area contributed by atoms with Crippen molar-refractivity contribution in [2.75, 3.05) is 5.73 Å². The van der Waals surface area contributed by atoms with Crippen molar-refractivity contribution in [3.8, 4) is 11.6 Å². The number of anilines is 1. The van der Waals surface area contributed by atoms with E-state index in [2.05, 4.69) is 4.98 Å². The number of pyridine rings is 1. The lowest BCUT2D eigenvalue weighted by Gasteiger charge is -2.10. The van der Waals surface area contributed by atoms with E-state index in [1.165, 1.54) is 24.4 Å². The van der Waals surface area contributed by atoms with Crippen molar-refractivity contribution in [1.82, 2.24) is 4.98 Å². The Balaban J connectivity index is 2.45. The van der Waals surface area contributed by atoms with Crippen LogP contribution < -0.4 is 21.9 Å². The van der Waals surface area contributed by atoms with Crippen LogP contribution in [0.5, 0.6) is 11.6 Å². The zero-order valence-electron chi connectivity index (χ0n) is 10.4. The first-order valence-electron chi connectivity index (χ1n) is 5.61. The number of hydrogen-bond donors (Lipinski definition) is 3. The average Bonchev–Trinajstić information content (AvgIpc) is 2.41. The number of carbonyl (C=O) groups excluding carboxylic acids is 2. The fraction of sp³-hybridized carbons (Fsp3) is 0. The lowest BCUT2D eigenvalue weighted by Crippen LogP contribution is -2.15. The second-order valence-electron chi connectivity index (χ2n) is 3.95. The van der Waals surface area contributed by atoms with Crippen LogP contribution in [0.2, 0.25) is 0 Å². The third kappa shape index (κ3) is 2.66. The van der Waals surface area contributed by atoms with Crippen molar-refractivity contribution in [1.29, 1.82) is 0 Å². The summed E-state index contributed by atoms with van der Waals surface area (Å²) in [7, 11) is 0. The molecule has 0 fully saturated rings. The molecule has 0 unspecified atom stereocenters. The van der Waals surface area contributed by atoms with Gasteiger partial charge in [0.15, 0.2) is 0 Å². The number of nitrogens with two attached hydrogens (primary N) is 3. The number of rotatable bonds is 4. The predicted octanol–water partition coefficient (Wildman–Crippen LogP) is 0.654. The van der Waals surface area contributed by atoms with E-state index < -0.39 is 11.8 Å². The Labute approximate surface area is 114 Å². The molecule has 0 aliphatic rings. The topological polar surface area (TPSA) is 134 Å². The van der Waals surface area contributed by atoms with Gasteiger partial charge in [0.25, 0.3) is 11.8 Å². The van der Waals surface area contributed by atoms with Crippen LogP contribution in [0.3, 0.4) is 0 Å². The van der Waals surface area contributed by atoms with Crippen LogP contribution in [0.15, 0.2) is 36.5 Å². The van der Waals surface area contributed by atoms with Gasteiger partial charge in [-0.15, -0.1) is 0 Å². The number of nitrogen functional groups attached to an aromatic ring is 1. The van der Waals surface area contributed by atoms with Gasteiger partial charge >= 0.3 is 0 Å². The fourth-order valence-corrected chi connectivity index (χ4v) is 1.59. The number of nitrogens with zero attached hydrogens (tertiary/aromatic N) is 1. The molecule has 0 saturated heterocycles. The maximum absolute atomic E-state index is 11.3. The van der Waals surface area contributed by atoms with E-state index in [0.717, 1.165) is 0 Å². The molecule has 1 heterocycles. The van der Waals surface area contributed by atoms with E-state index in [1.807, 2.05) is 0 Å². The second-order valence-corrected chi connectivity index (χ2v) is 3.95. The van der Waals surface area contributed by atoms with Crippen molar-refractivity contribution in [2.24, 2.45) is 11.5 Å². The molecule has 0 spiro atoms. The molecule has 7 nitrogen and oxygen atoms in total. The maximum atomic E-state index is 11.3. The Morgan fingerprint density at radius 1 is 1.05 bits per heavy atom. The molecule has 0 bridgehead atoms. The van der Waals surface area contributed by atoms with Gasteiger partial charge in [-0.3, -0.25) is 9.59 Å². The molecule has 2 amide bonds. The van der Waals surface area contributed by atoms with Crippen molar-refractivity contribution in [3.05, 3.63) is 47.7 Å². The third-order valence-electron chi connectivity index (χ3n) is 2.50. The van der Waals surface area contributed by atoms with E-state index in [1.54, 1.807) is 12.1 Å². The summed E-state index contributed by atoms with van der Waals surface area (Å²) in [6.07, 6.45) is 1.31. The first-order chi connectivity index (χ1) is 9.49. The number of aromatic nitrogens is 1. The molecular weight excluding hydrogens is 260 g/mol. The van der Waals surface area contributed by atoms with Gasteiger partial charge in [0.1, 0.15) is 11.3 Å². The molecule has 0 aliphatic carbocycles. The van der Waals surface area contributed by atoms with Gasteiger partial charge in [-0.05, 0) is 18.2 Å². The molecule has 6 N–H and O–H groups in total. The van der Waals surface area contributed by atoms with Gasteiger partial charge in [0, 0.05) is 0 Å². The number of para-hydroxylation sites is 1. The Bertz CT molecular complexity index is 685. The summed E-state index contributed by atoms with van der Waals surface area (Å²) in [4.78, 5) is 26.5. The largest absolute Gasteiger partial charge is 0.437 e. The van der Waals surface area contributed by atoms with Crippen LogP contribution in [-0.2, 0) is 0 Å². The van der Waals surface area contributed by atoms with Crippen molar-refractivity contribution < 1.29 is 14.3 Å². The van der Waals surface area contributed by atoms with Crippen LogP contribution in [-0.4, -0.2) is 16.8 Å². The highest BCUT2D eigenvalue weighted by Crippen LogP contribution is 2.26. The number of amides is 2. The van der Waals surface area contributed by atoms with Crippen molar-refractivity contribution in [3.63, 3.8) is 0 Å². The highest BCUT2D eigenvalue weighted by molar-refractivity contribution is 5.97. The molecule has 1 aromatic heterocycles. The molecule has 0 radical (unpaired) electrons. The molecule has 2 aromatic rings. The highest BCUT2D eigenvalue weighted by atomic mass is 16.5. The molecule has 1 aromatic carbocycles. The summed E-state index contributed by atoms with van der Waals surface area (Å²) in [6.45, 7) is 0. The lowest BCUT2D eigenvalue weighted by atomic mass is 10.2. The standard InChI is InChI=1S/C13H12N4O3/c14-7-5-9(12(16)19)13(17-6-7)20-10-4-2-1-3-8(10)11(15)18/h1-6H,14H2,(H2,15,18)(H2,16,19). The summed E-state index contributed by atoms with van der Waals surface area (Å²) in [5.41, 5.74) is 16.5. The second kappa shape index (κ2) is 5.27. The van der Waals surface area contributed by atoms with Gasteiger partial charge < -0.3 is 21.9 Å². The number of ether oxygens (including phenoxy) is 1. The van der Waals surface area contributed by atoms with Crippen LogP contribution >= 0.6 is 0 Å². The van der Waals surface area contributed by atoms with E-state index >= 15 is 0 Å². The maximum Gasteiger partial charge on any atom is 0.254 e. The minimum absolute atomic E-state index is 0.0178. The number of hydrogen-bond acceptors (Lipinski definition) is 5. The fourth-order valence-electron chi connectivity index (χ4n) is 1.59. The molecule has 2 rings (SSSR count). The van der Waals surface area contributed by atoms with E-state index in [9.17, 15) is 9.59 Å². The van der Waals surface area contributed by atoms with Gasteiger partial charge in [-0.2, -0.15) is 0 Å². The van der Waals surface area contributed by atoms with Crippen molar-refractivity contribution in [2.45, 2.75) is 0 Å². The SMILES string of the molecule is NC(=O)c1ccccc1Oc1ncc(N)cc1C(N)=O. The van der Waals surface area contributed by atoms with Crippen LogP contribution in [0.4, 0.5) is 5.69 Å². The first kappa shape index (κ1) is 13.3. The molecule has 0 aliphatic heterocycles. The summed E-state index contributed by atoms with van der Waals surface area (Å²) in [5, 5.41) is 0. The number of benzene rings is 1. The molecule has 102 valence electrons. The average molecular weight is 272 g/mol. The van der Waals surface area contributed by atoms with Gasteiger partial charge in [0.2, 0.25) is 5.88 Å². The first-order valence-corrected chi connectivity index (χ1v) is 5.61. The van der Waals surface area contributed by atoms with Gasteiger partial charge in [0.05, 0.1) is 17.4 Å².